The largest absolute Gasteiger partial charge is 0.378 e. The number of hydrogen-bond donors (Lipinski definition) is 0. The first-order valence-corrected chi connectivity index (χ1v) is 9.41. The predicted molar refractivity (Wildman–Crippen MR) is 96.3 cm³/mol. The Bertz CT molecular complexity index is 764. The summed E-state index contributed by atoms with van der Waals surface area (Å²) in [6.07, 6.45) is 4.50. The SMILES string of the molecule is O=C(CC1CCCO1)N1CCN(CCn2cnc3cc(F)ccc32)CC1. The summed E-state index contributed by atoms with van der Waals surface area (Å²) >= 11 is 0. The third-order valence-corrected chi connectivity index (χ3v) is 5.39. The molecule has 2 fully saturated rings. The van der Waals surface area contributed by atoms with Crippen molar-refractivity contribution < 1.29 is 13.9 Å². The van der Waals surface area contributed by atoms with Crippen LogP contribution < -0.4 is 0 Å². The van der Waals surface area contributed by atoms with Crippen LogP contribution in [-0.2, 0) is 16.1 Å². The summed E-state index contributed by atoms with van der Waals surface area (Å²) in [6.45, 7) is 5.84. The second kappa shape index (κ2) is 7.72. The molecule has 1 atom stereocenters. The number of hydrogen-bond acceptors (Lipinski definition) is 4. The van der Waals surface area contributed by atoms with E-state index in [9.17, 15) is 9.18 Å². The van der Waals surface area contributed by atoms with E-state index in [1.807, 2.05) is 4.90 Å². The van der Waals surface area contributed by atoms with Crippen molar-refractivity contribution in [1.82, 2.24) is 19.4 Å². The fourth-order valence-corrected chi connectivity index (χ4v) is 3.81. The summed E-state index contributed by atoms with van der Waals surface area (Å²) in [7, 11) is 0. The number of halogens is 1. The molecule has 7 heteroatoms. The quantitative estimate of drug-likeness (QED) is 0.817. The molecule has 0 bridgehead atoms. The fraction of sp³-hybridized carbons (Fsp3) is 0.579. The normalized spacial score (nSPS) is 21.6. The molecule has 0 saturated carbocycles. The minimum absolute atomic E-state index is 0.125. The van der Waals surface area contributed by atoms with Crippen LogP contribution >= 0.6 is 0 Å². The number of ether oxygens (including phenoxy) is 1. The Morgan fingerprint density at radius 2 is 2.08 bits per heavy atom. The summed E-state index contributed by atoms with van der Waals surface area (Å²) < 4.78 is 20.9. The molecule has 6 nitrogen and oxygen atoms in total. The van der Waals surface area contributed by atoms with Gasteiger partial charge in [-0.15, -0.1) is 0 Å². The Morgan fingerprint density at radius 1 is 1.23 bits per heavy atom. The average Bonchev–Trinajstić information content (AvgIpc) is 3.29. The lowest BCUT2D eigenvalue weighted by molar-refractivity contribution is -0.135. The van der Waals surface area contributed by atoms with Gasteiger partial charge in [0, 0.05) is 51.9 Å². The van der Waals surface area contributed by atoms with Crippen LogP contribution in [0.15, 0.2) is 24.5 Å². The van der Waals surface area contributed by atoms with Crippen LogP contribution in [0.2, 0.25) is 0 Å². The van der Waals surface area contributed by atoms with Gasteiger partial charge in [0.15, 0.2) is 0 Å². The molecule has 4 rings (SSSR count). The summed E-state index contributed by atoms with van der Waals surface area (Å²) in [5, 5.41) is 0. The maximum atomic E-state index is 13.3. The summed E-state index contributed by atoms with van der Waals surface area (Å²) in [4.78, 5) is 21.0. The van der Waals surface area contributed by atoms with E-state index in [1.54, 1.807) is 12.4 Å². The summed E-state index contributed by atoms with van der Waals surface area (Å²) in [6, 6.07) is 4.71. The standard InChI is InChI=1S/C19H25FN4O2/c20-15-3-4-18-17(12-15)21-14-24(18)10-7-22-5-8-23(9-6-22)19(25)13-16-2-1-11-26-16/h3-4,12,14,16H,1-2,5-11,13H2. The number of carbonyl (C=O) groups is 1. The van der Waals surface area contributed by atoms with Crippen molar-refractivity contribution in [2.45, 2.75) is 31.9 Å². The van der Waals surface area contributed by atoms with E-state index in [0.717, 1.165) is 64.2 Å². The van der Waals surface area contributed by atoms with E-state index in [4.69, 9.17) is 4.74 Å². The molecule has 1 aromatic heterocycles. The number of rotatable bonds is 5. The molecule has 1 amide bonds. The Kier molecular flexibility index (Phi) is 5.17. The smallest absolute Gasteiger partial charge is 0.225 e. The second-order valence-corrected chi connectivity index (χ2v) is 7.13. The highest BCUT2D eigenvalue weighted by atomic mass is 19.1. The van der Waals surface area contributed by atoms with E-state index in [2.05, 4.69) is 14.5 Å². The molecule has 1 unspecified atom stereocenters. The Morgan fingerprint density at radius 3 is 2.85 bits per heavy atom. The van der Waals surface area contributed by atoms with Gasteiger partial charge in [0.05, 0.1) is 29.9 Å². The lowest BCUT2D eigenvalue weighted by Crippen LogP contribution is -2.49. The number of imidazole rings is 1. The third-order valence-electron chi connectivity index (χ3n) is 5.39. The van der Waals surface area contributed by atoms with Gasteiger partial charge in [-0.2, -0.15) is 0 Å². The first-order chi connectivity index (χ1) is 12.7. The first-order valence-electron chi connectivity index (χ1n) is 9.41. The average molecular weight is 360 g/mol. The van der Waals surface area contributed by atoms with E-state index in [1.165, 1.54) is 12.1 Å². The van der Waals surface area contributed by atoms with Gasteiger partial charge in [-0.05, 0) is 25.0 Å². The predicted octanol–water partition coefficient (Wildman–Crippen LogP) is 1.89. The topological polar surface area (TPSA) is 50.6 Å². The van der Waals surface area contributed by atoms with Crippen molar-refractivity contribution in [3.05, 3.63) is 30.3 Å². The zero-order valence-electron chi connectivity index (χ0n) is 14.9. The highest BCUT2D eigenvalue weighted by Crippen LogP contribution is 2.17. The van der Waals surface area contributed by atoms with Crippen LogP contribution in [-0.4, -0.2) is 70.7 Å². The highest BCUT2D eigenvalue weighted by molar-refractivity contribution is 5.77. The Balaban J connectivity index is 1.25. The molecule has 2 saturated heterocycles. The van der Waals surface area contributed by atoms with Gasteiger partial charge in [0.25, 0.3) is 0 Å². The number of aromatic nitrogens is 2. The van der Waals surface area contributed by atoms with Gasteiger partial charge in [-0.1, -0.05) is 0 Å². The molecule has 26 heavy (non-hydrogen) atoms. The van der Waals surface area contributed by atoms with E-state index < -0.39 is 0 Å². The van der Waals surface area contributed by atoms with Gasteiger partial charge < -0.3 is 14.2 Å². The van der Waals surface area contributed by atoms with Gasteiger partial charge in [-0.3, -0.25) is 9.69 Å². The summed E-state index contributed by atoms with van der Waals surface area (Å²) in [5.74, 6) is -0.0364. The molecular weight excluding hydrogens is 335 g/mol. The number of nitrogens with zero attached hydrogens (tertiary/aromatic N) is 4. The number of fused-ring (bicyclic) bond motifs is 1. The van der Waals surface area contributed by atoms with Gasteiger partial charge >= 0.3 is 0 Å². The molecule has 2 aliphatic heterocycles. The lowest BCUT2D eigenvalue weighted by Gasteiger charge is -2.35. The molecule has 140 valence electrons. The van der Waals surface area contributed by atoms with E-state index >= 15 is 0 Å². The minimum Gasteiger partial charge on any atom is -0.378 e. The molecule has 0 spiro atoms. The van der Waals surface area contributed by atoms with Crippen molar-refractivity contribution in [1.29, 1.82) is 0 Å². The molecule has 2 aromatic rings. The van der Waals surface area contributed by atoms with Crippen molar-refractivity contribution in [3.63, 3.8) is 0 Å². The van der Waals surface area contributed by atoms with Crippen LogP contribution in [0.4, 0.5) is 4.39 Å². The number of carbonyl (C=O) groups excluding carboxylic acids is 1. The molecule has 2 aliphatic rings. The maximum Gasteiger partial charge on any atom is 0.225 e. The fourth-order valence-electron chi connectivity index (χ4n) is 3.81. The molecule has 0 N–H and O–H groups in total. The zero-order chi connectivity index (χ0) is 17.9. The van der Waals surface area contributed by atoms with Crippen LogP contribution in [0.3, 0.4) is 0 Å². The summed E-state index contributed by atoms with van der Waals surface area (Å²) in [5.41, 5.74) is 1.64. The number of amides is 1. The van der Waals surface area contributed by atoms with Crippen LogP contribution in [0.1, 0.15) is 19.3 Å². The van der Waals surface area contributed by atoms with Crippen molar-refractivity contribution in [2.24, 2.45) is 0 Å². The monoisotopic (exact) mass is 360 g/mol. The van der Waals surface area contributed by atoms with Gasteiger partial charge in [0.2, 0.25) is 5.91 Å². The van der Waals surface area contributed by atoms with Crippen LogP contribution in [0.5, 0.6) is 0 Å². The van der Waals surface area contributed by atoms with Crippen molar-refractivity contribution in [2.75, 3.05) is 39.3 Å². The van der Waals surface area contributed by atoms with Gasteiger partial charge in [0.1, 0.15) is 5.82 Å². The van der Waals surface area contributed by atoms with E-state index in [-0.39, 0.29) is 17.8 Å². The first kappa shape index (κ1) is 17.4. The van der Waals surface area contributed by atoms with Crippen LogP contribution in [0.25, 0.3) is 11.0 Å². The minimum atomic E-state index is -0.258. The van der Waals surface area contributed by atoms with Gasteiger partial charge in [-0.25, -0.2) is 9.37 Å². The number of benzene rings is 1. The Hall–Kier alpha value is -1.99. The van der Waals surface area contributed by atoms with E-state index in [0.29, 0.717) is 11.9 Å². The third kappa shape index (κ3) is 3.88. The van der Waals surface area contributed by atoms with Crippen molar-refractivity contribution >= 4 is 16.9 Å². The molecule has 0 aliphatic carbocycles. The molecule has 0 radical (unpaired) electrons. The molecular formula is C19H25FN4O2. The zero-order valence-corrected chi connectivity index (χ0v) is 14.9. The van der Waals surface area contributed by atoms with Crippen molar-refractivity contribution in [3.8, 4) is 0 Å². The maximum absolute atomic E-state index is 13.3. The molecule has 1 aromatic carbocycles. The molecule has 3 heterocycles. The van der Waals surface area contributed by atoms with Crippen LogP contribution in [0, 0.1) is 5.82 Å². The highest BCUT2D eigenvalue weighted by Gasteiger charge is 2.25. The Labute approximate surface area is 152 Å². The second-order valence-electron chi connectivity index (χ2n) is 7.13. The number of piperazine rings is 1. The lowest BCUT2D eigenvalue weighted by atomic mass is 10.1.